The zero-order valence-electron chi connectivity index (χ0n) is 17.3. The van der Waals surface area contributed by atoms with Crippen molar-refractivity contribution in [3.8, 4) is 5.75 Å². The van der Waals surface area contributed by atoms with E-state index >= 15 is 0 Å². The van der Waals surface area contributed by atoms with Gasteiger partial charge in [0, 0.05) is 5.69 Å². The molecule has 1 fully saturated rings. The van der Waals surface area contributed by atoms with E-state index < -0.39 is 0 Å². The molecule has 1 aromatic carbocycles. The molecule has 30 heavy (non-hydrogen) atoms. The number of benzene rings is 1. The average molecular weight is 447 g/mol. The van der Waals surface area contributed by atoms with Gasteiger partial charge in [-0.25, -0.2) is 9.97 Å². The van der Waals surface area contributed by atoms with E-state index in [0.717, 1.165) is 54.3 Å². The Morgan fingerprint density at radius 1 is 1.33 bits per heavy atom. The summed E-state index contributed by atoms with van der Waals surface area (Å²) in [5.41, 5.74) is 1.53. The number of halogens is 1. The monoisotopic (exact) mass is 446 g/mol. The number of methoxy groups -OCH3 is 1. The number of nitrogens with zero attached hydrogens (tertiary/aromatic N) is 3. The van der Waals surface area contributed by atoms with Gasteiger partial charge in [-0.3, -0.25) is 4.79 Å². The van der Waals surface area contributed by atoms with E-state index in [0.29, 0.717) is 21.3 Å². The molecule has 3 heterocycles. The largest absolute Gasteiger partial charge is 0.495 e. The number of aromatic nitrogens is 2. The molecule has 7 nitrogen and oxygen atoms in total. The zero-order valence-corrected chi connectivity index (χ0v) is 18.9. The van der Waals surface area contributed by atoms with Crippen LogP contribution in [0.25, 0.3) is 10.2 Å². The van der Waals surface area contributed by atoms with Gasteiger partial charge in [-0.15, -0.1) is 11.3 Å². The second-order valence-corrected chi connectivity index (χ2v) is 8.73. The number of likely N-dealkylation sites (N-methyl/N-ethyl adjacent to an activating group) is 1. The molecule has 158 valence electrons. The molecule has 0 unspecified atom stereocenters. The number of thiophene rings is 1. The maximum atomic E-state index is 13.0. The molecule has 0 spiro atoms. The predicted octanol–water partition coefficient (Wildman–Crippen LogP) is 2.64. The number of piperazine rings is 1. The van der Waals surface area contributed by atoms with Gasteiger partial charge in [0.05, 0.1) is 55.1 Å². The van der Waals surface area contributed by atoms with Crippen molar-refractivity contribution in [1.29, 1.82) is 0 Å². The third-order valence-corrected chi connectivity index (χ3v) is 7.09. The van der Waals surface area contributed by atoms with Gasteiger partial charge in [-0.1, -0.05) is 11.6 Å². The van der Waals surface area contributed by atoms with Crippen molar-refractivity contribution in [2.24, 2.45) is 0 Å². The number of carbonyl (C=O) groups is 1. The van der Waals surface area contributed by atoms with E-state index in [1.54, 1.807) is 36.5 Å². The van der Waals surface area contributed by atoms with E-state index in [2.05, 4.69) is 27.1 Å². The fraction of sp³-hybridized carbons (Fsp3) is 0.381. The molecule has 1 aliphatic heterocycles. The Labute approximate surface area is 184 Å². The third-order valence-electron chi connectivity index (χ3n) is 5.59. The van der Waals surface area contributed by atoms with E-state index in [4.69, 9.17) is 16.3 Å². The van der Waals surface area contributed by atoms with Crippen molar-refractivity contribution in [2.75, 3.05) is 50.1 Å². The summed E-state index contributed by atoms with van der Waals surface area (Å²) in [4.78, 5) is 27.4. The fourth-order valence-electron chi connectivity index (χ4n) is 3.83. The Bertz CT molecular complexity index is 1080. The number of fused-ring (bicyclic) bond motifs is 1. The zero-order chi connectivity index (χ0) is 21.3. The highest BCUT2D eigenvalue weighted by Gasteiger charge is 2.25. The number of anilines is 2. The number of amides is 1. The van der Waals surface area contributed by atoms with Gasteiger partial charge in [0.2, 0.25) is 0 Å². The molecule has 0 atom stereocenters. The molecule has 2 N–H and O–H groups in total. The lowest BCUT2D eigenvalue weighted by molar-refractivity contribution is -0.898. The number of ether oxygens (including phenoxy) is 1. The standard InChI is InChI=1S/C21H24ClN5O2S/c1-4-26-7-9-27(10-8-26)19-17-13(2)18(30-21(17)24-12-23-19)20(28)25-14-5-6-16(29-3)15(22)11-14/h5-6,11-12H,4,7-10H2,1-3H3,(H,25,28)/p+1. The van der Waals surface area contributed by atoms with Crippen molar-refractivity contribution in [3.63, 3.8) is 0 Å². The molecule has 0 bridgehead atoms. The summed E-state index contributed by atoms with van der Waals surface area (Å²) in [6.45, 7) is 9.43. The van der Waals surface area contributed by atoms with Crippen LogP contribution >= 0.6 is 22.9 Å². The number of hydrogen-bond acceptors (Lipinski definition) is 6. The minimum Gasteiger partial charge on any atom is -0.495 e. The quantitative estimate of drug-likeness (QED) is 0.630. The van der Waals surface area contributed by atoms with E-state index in [-0.39, 0.29) is 5.91 Å². The van der Waals surface area contributed by atoms with Gasteiger partial charge >= 0.3 is 0 Å². The molecule has 2 aromatic heterocycles. The van der Waals surface area contributed by atoms with E-state index in [1.807, 2.05) is 6.92 Å². The van der Waals surface area contributed by atoms with Gasteiger partial charge in [0.25, 0.3) is 5.91 Å². The fourth-order valence-corrected chi connectivity index (χ4v) is 5.13. The molecular formula is C21H25ClN5O2S+. The van der Waals surface area contributed by atoms with Crippen LogP contribution in [0.5, 0.6) is 5.75 Å². The van der Waals surface area contributed by atoms with Crippen LogP contribution in [0.2, 0.25) is 5.02 Å². The number of rotatable bonds is 5. The predicted molar refractivity (Wildman–Crippen MR) is 122 cm³/mol. The van der Waals surface area contributed by atoms with Crippen molar-refractivity contribution in [2.45, 2.75) is 13.8 Å². The topological polar surface area (TPSA) is 71.8 Å². The minimum absolute atomic E-state index is 0.178. The lowest BCUT2D eigenvalue weighted by Gasteiger charge is -2.32. The first kappa shape index (κ1) is 20.8. The Morgan fingerprint density at radius 2 is 2.10 bits per heavy atom. The van der Waals surface area contributed by atoms with Gasteiger partial charge in [-0.2, -0.15) is 0 Å². The smallest absolute Gasteiger partial charge is 0.266 e. The third kappa shape index (κ3) is 3.95. The van der Waals surface area contributed by atoms with Crippen molar-refractivity contribution in [1.82, 2.24) is 9.97 Å². The normalized spacial score (nSPS) is 14.9. The number of carbonyl (C=O) groups excluding carboxylic acids is 1. The molecule has 4 rings (SSSR count). The first-order valence-corrected chi connectivity index (χ1v) is 11.2. The van der Waals surface area contributed by atoms with Crippen LogP contribution in [0.15, 0.2) is 24.5 Å². The second-order valence-electron chi connectivity index (χ2n) is 7.33. The number of hydrogen-bond donors (Lipinski definition) is 2. The van der Waals surface area contributed by atoms with Crippen LogP contribution in [-0.4, -0.2) is 55.7 Å². The van der Waals surface area contributed by atoms with E-state index in [1.165, 1.54) is 11.3 Å². The second kappa shape index (κ2) is 8.75. The molecule has 1 aliphatic rings. The summed E-state index contributed by atoms with van der Waals surface area (Å²) in [6, 6.07) is 5.19. The first-order chi connectivity index (χ1) is 14.5. The minimum atomic E-state index is -0.178. The number of nitrogens with one attached hydrogen (secondary N) is 2. The van der Waals surface area contributed by atoms with Crippen LogP contribution in [0.4, 0.5) is 11.5 Å². The maximum Gasteiger partial charge on any atom is 0.266 e. The Hall–Kier alpha value is -2.42. The van der Waals surface area contributed by atoms with Crippen LogP contribution in [0.3, 0.4) is 0 Å². The van der Waals surface area contributed by atoms with Crippen molar-refractivity contribution in [3.05, 3.63) is 40.0 Å². The molecule has 0 saturated carbocycles. The summed E-state index contributed by atoms with van der Waals surface area (Å²) in [5.74, 6) is 1.32. The maximum absolute atomic E-state index is 13.0. The highest BCUT2D eigenvalue weighted by atomic mass is 35.5. The Morgan fingerprint density at radius 3 is 2.77 bits per heavy atom. The van der Waals surface area contributed by atoms with Gasteiger partial charge in [0.1, 0.15) is 22.7 Å². The molecule has 1 saturated heterocycles. The van der Waals surface area contributed by atoms with Gasteiger partial charge in [0.15, 0.2) is 0 Å². The van der Waals surface area contributed by atoms with Gasteiger partial charge < -0.3 is 19.9 Å². The first-order valence-electron chi connectivity index (χ1n) is 9.99. The van der Waals surface area contributed by atoms with Gasteiger partial charge in [-0.05, 0) is 37.6 Å². The Balaban J connectivity index is 1.62. The summed E-state index contributed by atoms with van der Waals surface area (Å²) in [6.07, 6.45) is 1.59. The van der Waals surface area contributed by atoms with Crippen LogP contribution < -0.4 is 19.9 Å². The molecular weight excluding hydrogens is 422 g/mol. The summed E-state index contributed by atoms with van der Waals surface area (Å²) >= 11 is 7.58. The molecule has 1 amide bonds. The highest BCUT2D eigenvalue weighted by molar-refractivity contribution is 7.20. The van der Waals surface area contributed by atoms with Crippen molar-refractivity contribution < 1.29 is 14.4 Å². The van der Waals surface area contributed by atoms with Crippen molar-refractivity contribution >= 4 is 50.6 Å². The van der Waals surface area contributed by atoms with Crippen LogP contribution in [0.1, 0.15) is 22.2 Å². The molecule has 0 aliphatic carbocycles. The molecule has 9 heteroatoms. The number of aryl methyl sites for hydroxylation is 1. The SMILES string of the molecule is CC[NH+]1CCN(c2ncnc3sc(C(=O)Nc4ccc(OC)c(Cl)c4)c(C)c23)CC1. The Kier molecular flexibility index (Phi) is 6.08. The number of quaternary nitrogens is 1. The van der Waals surface area contributed by atoms with E-state index in [9.17, 15) is 4.79 Å². The average Bonchev–Trinajstić information content (AvgIpc) is 3.11. The lowest BCUT2D eigenvalue weighted by atomic mass is 10.1. The summed E-state index contributed by atoms with van der Waals surface area (Å²) in [5, 5.41) is 4.35. The summed E-state index contributed by atoms with van der Waals surface area (Å²) in [7, 11) is 1.56. The lowest BCUT2D eigenvalue weighted by Crippen LogP contribution is -3.14. The molecule has 0 radical (unpaired) electrons. The van der Waals surface area contributed by atoms with Crippen LogP contribution in [0, 0.1) is 6.92 Å². The summed E-state index contributed by atoms with van der Waals surface area (Å²) < 4.78 is 5.17. The highest BCUT2D eigenvalue weighted by Crippen LogP contribution is 2.35. The molecule has 3 aromatic rings. The van der Waals surface area contributed by atoms with Crippen LogP contribution in [-0.2, 0) is 0 Å².